The molecule has 0 aromatic rings. The third kappa shape index (κ3) is 59.1. The van der Waals surface area contributed by atoms with Gasteiger partial charge in [0.15, 0.2) is 6.10 Å². The Morgan fingerprint density at radius 3 is 0.836 bits per heavy atom. The van der Waals surface area contributed by atoms with Gasteiger partial charge in [0.1, 0.15) is 13.2 Å². The number of unbranched alkanes of at least 4 members (excludes halogenated alkanes) is 28. The summed E-state index contributed by atoms with van der Waals surface area (Å²) in [5.41, 5.74) is 0. The van der Waals surface area contributed by atoms with Crippen molar-refractivity contribution >= 4 is 17.9 Å². The Hall–Kier alpha value is -3.67. The van der Waals surface area contributed by atoms with Gasteiger partial charge in [-0.2, -0.15) is 0 Å². The van der Waals surface area contributed by atoms with Crippen LogP contribution in [0, 0.1) is 0 Å². The van der Waals surface area contributed by atoms with Gasteiger partial charge >= 0.3 is 17.9 Å². The first-order valence-electron chi connectivity index (χ1n) is 30.7. The molecular formula is C67H114O6. The highest BCUT2D eigenvalue weighted by Gasteiger charge is 2.19. The van der Waals surface area contributed by atoms with Gasteiger partial charge in [0, 0.05) is 19.3 Å². The standard InChI is InChI=1S/C67H114O6/c1-4-7-10-13-16-18-20-22-24-26-28-30-31-32-33-34-35-36-37-38-40-41-43-45-47-49-51-54-57-60-66(69)72-63-64(62-71-65(68)59-56-53-15-12-9-6-3)73-67(70)61-58-55-52-50-48-46-44-42-39-29-27-25-23-21-19-17-14-11-8-5-2/h7,10,16,18,22,24,28,30,32-33,35-36,38,40,43,45,64H,4-6,8-9,11-15,17,19-21,23,25-27,29,31,34,37,39,41-42,44,46-63H2,1-3H3/b10-7-,18-16-,24-22-,30-28-,33-32-,36-35-,40-38-,45-43-. The number of esters is 3. The Labute approximate surface area is 451 Å². The topological polar surface area (TPSA) is 78.9 Å². The summed E-state index contributed by atoms with van der Waals surface area (Å²) >= 11 is 0. The highest BCUT2D eigenvalue weighted by molar-refractivity contribution is 5.71. The van der Waals surface area contributed by atoms with E-state index in [2.05, 4.69) is 118 Å². The lowest BCUT2D eigenvalue weighted by atomic mass is 10.0. The lowest BCUT2D eigenvalue weighted by Crippen LogP contribution is -2.30. The maximum absolute atomic E-state index is 12.8. The zero-order chi connectivity index (χ0) is 52.9. The van der Waals surface area contributed by atoms with Crippen LogP contribution in [0.25, 0.3) is 0 Å². The van der Waals surface area contributed by atoms with Crippen LogP contribution in [0.3, 0.4) is 0 Å². The number of allylic oxidation sites excluding steroid dienone is 16. The maximum Gasteiger partial charge on any atom is 0.306 e. The quantitative estimate of drug-likeness (QED) is 0.0261. The van der Waals surface area contributed by atoms with Crippen LogP contribution in [-0.2, 0) is 28.6 Å². The second-order valence-electron chi connectivity index (χ2n) is 20.2. The van der Waals surface area contributed by atoms with E-state index in [9.17, 15) is 14.4 Å². The van der Waals surface area contributed by atoms with Gasteiger partial charge in [-0.25, -0.2) is 0 Å². The van der Waals surface area contributed by atoms with E-state index in [4.69, 9.17) is 14.2 Å². The smallest absolute Gasteiger partial charge is 0.306 e. The largest absolute Gasteiger partial charge is 0.462 e. The molecule has 0 bridgehead atoms. The average Bonchev–Trinajstić information content (AvgIpc) is 3.39. The fraction of sp³-hybridized carbons (Fsp3) is 0.716. The van der Waals surface area contributed by atoms with Gasteiger partial charge in [0.2, 0.25) is 0 Å². The van der Waals surface area contributed by atoms with Gasteiger partial charge in [-0.3, -0.25) is 14.4 Å². The molecule has 0 heterocycles. The molecule has 418 valence electrons. The second kappa shape index (κ2) is 60.9. The molecule has 0 rings (SSSR count). The van der Waals surface area contributed by atoms with Crippen LogP contribution in [0.4, 0.5) is 0 Å². The summed E-state index contributed by atoms with van der Waals surface area (Å²) in [6.45, 7) is 6.47. The number of hydrogen-bond donors (Lipinski definition) is 0. The van der Waals surface area contributed by atoms with E-state index in [0.29, 0.717) is 19.3 Å². The van der Waals surface area contributed by atoms with Crippen molar-refractivity contribution in [3.8, 4) is 0 Å². The third-order valence-corrected chi connectivity index (χ3v) is 13.1. The van der Waals surface area contributed by atoms with Crippen LogP contribution in [0.2, 0.25) is 0 Å². The summed E-state index contributed by atoms with van der Waals surface area (Å²) in [6.07, 6.45) is 81.6. The number of hydrogen-bond acceptors (Lipinski definition) is 6. The molecule has 0 aliphatic heterocycles. The van der Waals surface area contributed by atoms with Gasteiger partial charge in [-0.1, -0.05) is 285 Å². The predicted octanol–water partition coefficient (Wildman–Crippen LogP) is 20.9. The first kappa shape index (κ1) is 69.3. The monoisotopic (exact) mass is 1010 g/mol. The van der Waals surface area contributed by atoms with Crippen LogP contribution in [0.5, 0.6) is 0 Å². The molecular weight excluding hydrogens is 901 g/mol. The zero-order valence-electron chi connectivity index (χ0n) is 47.9. The van der Waals surface area contributed by atoms with Gasteiger partial charge in [0.25, 0.3) is 0 Å². The molecule has 0 spiro atoms. The average molecular weight is 1020 g/mol. The molecule has 0 aliphatic rings. The summed E-state index contributed by atoms with van der Waals surface area (Å²) in [6, 6.07) is 0. The number of carbonyl (C=O) groups is 3. The zero-order valence-corrected chi connectivity index (χ0v) is 47.9. The van der Waals surface area contributed by atoms with E-state index in [1.807, 2.05) is 0 Å². The van der Waals surface area contributed by atoms with E-state index in [1.54, 1.807) is 0 Å². The van der Waals surface area contributed by atoms with E-state index < -0.39 is 6.10 Å². The number of rotatable bonds is 55. The highest BCUT2D eigenvalue weighted by Crippen LogP contribution is 2.16. The van der Waals surface area contributed by atoms with Crippen molar-refractivity contribution in [1.29, 1.82) is 0 Å². The Balaban J connectivity index is 4.18. The van der Waals surface area contributed by atoms with E-state index >= 15 is 0 Å². The van der Waals surface area contributed by atoms with Crippen molar-refractivity contribution in [3.05, 3.63) is 97.2 Å². The molecule has 0 aromatic carbocycles. The minimum absolute atomic E-state index is 0.0836. The van der Waals surface area contributed by atoms with Gasteiger partial charge in [-0.15, -0.1) is 0 Å². The van der Waals surface area contributed by atoms with Gasteiger partial charge in [0.05, 0.1) is 0 Å². The Morgan fingerprint density at radius 1 is 0.288 bits per heavy atom. The van der Waals surface area contributed by atoms with E-state index in [-0.39, 0.29) is 31.1 Å². The molecule has 0 N–H and O–H groups in total. The van der Waals surface area contributed by atoms with Crippen molar-refractivity contribution < 1.29 is 28.6 Å². The molecule has 73 heavy (non-hydrogen) atoms. The lowest BCUT2D eigenvalue weighted by molar-refractivity contribution is -0.167. The summed E-state index contributed by atoms with van der Waals surface area (Å²) < 4.78 is 16.8. The van der Waals surface area contributed by atoms with Crippen molar-refractivity contribution in [1.82, 2.24) is 0 Å². The minimum atomic E-state index is -0.784. The lowest BCUT2D eigenvalue weighted by Gasteiger charge is -2.18. The molecule has 1 atom stereocenters. The molecule has 6 heteroatoms. The van der Waals surface area contributed by atoms with Crippen molar-refractivity contribution in [2.45, 2.75) is 297 Å². The Morgan fingerprint density at radius 2 is 0.534 bits per heavy atom. The van der Waals surface area contributed by atoms with Gasteiger partial charge in [-0.05, 0) is 83.5 Å². The molecule has 0 aliphatic carbocycles. The number of ether oxygens (including phenoxy) is 3. The molecule has 0 saturated heterocycles. The van der Waals surface area contributed by atoms with Crippen LogP contribution in [0.15, 0.2) is 97.2 Å². The van der Waals surface area contributed by atoms with Crippen molar-refractivity contribution in [3.63, 3.8) is 0 Å². The Bertz CT molecular complexity index is 1440. The molecule has 0 amide bonds. The predicted molar refractivity (Wildman–Crippen MR) is 316 cm³/mol. The molecule has 0 fully saturated rings. The third-order valence-electron chi connectivity index (χ3n) is 13.1. The second-order valence-corrected chi connectivity index (χ2v) is 20.2. The van der Waals surface area contributed by atoms with Crippen molar-refractivity contribution in [2.75, 3.05) is 13.2 Å². The minimum Gasteiger partial charge on any atom is -0.462 e. The normalized spacial score (nSPS) is 12.8. The first-order valence-corrected chi connectivity index (χ1v) is 30.7. The van der Waals surface area contributed by atoms with Crippen LogP contribution >= 0.6 is 0 Å². The van der Waals surface area contributed by atoms with Crippen molar-refractivity contribution in [2.24, 2.45) is 0 Å². The van der Waals surface area contributed by atoms with E-state index in [0.717, 1.165) is 122 Å². The van der Waals surface area contributed by atoms with Gasteiger partial charge < -0.3 is 14.2 Å². The summed E-state index contributed by atoms with van der Waals surface area (Å²) in [5.74, 6) is -0.911. The summed E-state index contributed by atoms with van der Waals surface area (Å²) in [4.78, 5) is 37.9. The first-order chi connectivity index (χ1) is 36.0. The van der Waals surface area contributed by atoms with Crippen LogP contribution in [0.1, 0.15) is 290 Å². The Kier molecular flexibility index (Phi) is 57.8. The highest BCUT2D eigenvalue weighted by atomic mass is 16.6. The van der Waals surface area contributed by atoms with Crippen LogP contribution < -0.4 is 0 Å². The van der Waals surface area contributed by atoms with E-state index in [1.165, 1.54) is 128 Å². The SMILES string of the molecule is CC/C=C\C/C=C\C/C=C\C/C=C\C/C=C\C/C=C\C/C=C\C/C=C\CCCCCCC(=O)OCC(COC(=O)CCCCCCCC)OC(=O)CCCCCCCCCCCCCCCCCCCCCC. The molecule has 1 unspecified atom stereocenters. The number of carbonyl (C=O) groups excluding carboxylic acids is 3. The van der Waals surface area contributed by atoms with Crippen LogP contribution in [-0.4, -0.2) is 37.2 Å². The fourth-order valence-corrected chi connectivity index (χ4v) is 8.52. The summed E-state index contributed by atoms with van der Waals surface area (Å²) in [5, 5.41) is 0. The molecule has 0 radical (unpaired) electrons. The molecule has 0 aromatic heterocycles. The molecule has 0 saturated carbocycles. The molecule has 6 nitrogen and oxygen atoms in total. The summed E-state index contributed by atoms with van der Waals surface area (Å²) in [7, 11) is 0. The maximum atomic E-state index is 12.8. The fourth-order valence-electron chi connectivity index (χ4n) is 8.52.